The monoisotopic (exact) mass is 672 g/mol. The lowest BCUT2D eigenvalue weighted by atomic mass is 9.89. The molecule has 0 aliphatic heterocycles. The zero-order chi connectivity index (χ0) is 34.2. The maximum Gasteiger partial charge on any atom is 0.333 e. The topological polar surface area (TPSA) is 113 Å². The molecular formula is C38H41ClN2O5S. The minimum Gasteiger partial charge on any atom is -0.326 e. The zero-order valence-corrected chi connectivity index (χ0v) is 28.7. The van der Waals surface area contributed by atoms with Gasteiger partial charge in [0.2, 0.25) is 5.91 Å². The Bertz CT molecular complexity index is 1830. The highest BCUT2D eigenvalue weighted by atomic mass is 35.5. The van der Waals surface area contributed by atoms with Crippen molar-refractivity contribution in [2.75, 3.05) is 11.9 Å². The highest BCUT2D eigenvalue weighted by molar-refractivity contribution is 7.83. The molecule has 47 heavy (non-hydrogen) atoms. The molecule has 9 heteroatoms. The maximum atomic E-state index is 13.8. The van der Waals surface area contributed by atoms with E-state index in [1.807, 2.05) is 90.5 Å². The van der Waals surface area contributed by atoms with Crippen molar-refractivity contribution in [3.8, 4) is 11.1 Å². The molecule has 0 bridgehead atoms. The second-order valence-corrected chi connectivity index (χ2v) is 14.4. The molecule has 0 saturated heterocycles. The molecular weight excluding hydrogens is 632 g/mol. The predicted octanol–water partition coefficient (Wildman–Crippen LogP) is 8.70. The third-order valence-electron chi connectivity index (χ3n) is 7.66. The average molecular weight is 673 g/mol. The summed E-state index contributed by atoms with van der Waals surface area (Å²) in [5, 5.41) is 3.78. The van der Waals surface area contributed by atoms with E-state index < -0.39 is 16.2 Å². The Morgan fingerprint density at radius 3 is 2.17 bits per heavy atom. The van der Waals surface area contributed by atoms with Crippen LogP contribution in [0, 0.1) is 12.3 Å². The third kappa shape index (κ3) is 11.3. The van der Waals surface area contributed by atoms with Crippen molar-refractivity contribution in [3.05, 3.63) is 130 Å². The number of hydrogen-bond acceptors (Lipinski definition) is 4. The Morgan fingerprint density at radius 2 is 1.57 bits per heavy atom. The molecule has 0 saturated carbocycles. The molecule has 0 radical (unpaired) electrons. The number of rotatable bonds is 13. The lowest BCUT2D eigenvalue weighted by Crippen LogP contribution is -2.24. The molecule has 1 atom stereocenters. The number of hydrogen-bond donors (Lipinski definition) is 3. The van der Waals surface area contributed by atoms with Crippen molar-refractivity contribution in [1.29, 1.82) is 0 Å². The second-order valence-electron chi connectivity index (χ2n) is 12.7. The van der Waals surface area contributed by atoms with Gasteiger partial charge in [0.05, 0.1) is 5.92 Å². The Hall–Kier alpha value is -4.08. The van der Waals surface area contributed by atoms with Gasteiger partial charge in [0.15, 0.2) is 5.78 Å². The van der Waals surface area contributed by atoms with Crippen LogP contribution in [0.2, 0.25) is 5.02 Å². The number of anilines is 1. The van der Waals surface area contributed by atoms with Crippen molar-refractivity contribution in [3.63, 3.8) is 0 Å². The summed E-state index contributed by atoms with van der Waals surface area (Å²) >= 11 is 6.13. The molecule has 0 aliphatic carbocycles. The van der Waals surface area contributed by atoms with Crippen molar-refractivity contribution in [2.24, 2.45) is 5.41 Å². The first-order chi connectivity index (χ1) is 22.2. The highest BCUT2D eigenvalue weighted by Crippen LogP contribution is 2.29. The SMILES string of the molecule is Cc1cc(Cl)ccc1-c1ccc(NC(=O)C(Cc2ccc(C(=O)CCCNS(=O)(=O)O)cc2)c2ccc(/C=C/C(C)(C)C)cc2)cc1. The number of amides is 1. The molecule has 0 aromatic heterocycles. The van der Waals surface area contributed by atoms with Crippen LogP contribution in [0.5, 0.6) is 0 Å². The summed E-state index contributed by atoms with van der Waals surface area (Å²) in [4.78, 5) is 26.5. The van der Waals surface area contributed by atoms with Crippen LogP contribution < -0.4 is 10.0 Å². The van der Waals surface area contributed by atoms with E-state index in [-0.39, 0.29) is 36.5 Å². The van der Waals surface area contributed by atoms with Gasteiger partial charge in [0.1, 0.15) is 0 Å². The fourth-order valence-electron chi connectivity index (χ4n) is 5.12. The molecule has 3 N–H and O–H groups in total. The van der Waals surface area contributed by atoms with E-state index in [4.69, 9.17) is 16.2 Å². The number of carbonyl (C=O) groups excluding carboxylic acids is 2. The van der Waals surface area contributed by atoms with Gasteiger partial charge < -0.3 is 5.32 Å². The van der Waals surface area contributed by atoms with Crippen LogP contribution in [0.25, 0.3) is 17.2 Å². The van der Waals surface area contributed by atoms with Gasteiger partial charge in [-0.05, 0) is 82.8 Å². The maximum absolute atomic E-state index is 13.8. The molecule has 0 spiro atoms. The van der Waals surface area contributed by atoms with Crippen molar-refractivity contribution < 1.29 is 22.6 Å². The largest absolute Gasteiger partial charge is 0.333 e. The van der Waals surface area contributed by atoms with Crippen LogP contribution in [-0.4, -0.2) is 31.2 Å². The molecule has 0 fully saturated rings. The lowest BCUT2D eigenvalue weighted by Gasteiger charge is -2.19. The van der Waals surface area contributed by atoms with E-state index in [9.17, 15) is 18.0 Å². The van der Waals surface area contributed by atoms with Crippen LogP contribution in [0.1, 0.15) is 72.1 Å². The molecule has 4 rings (SSSR count). The molecule has 7 nitrogen and oxygen atoms in total. The van der Waals surface area contributed by atoms with E-state index in [1.54, 1.807) is 12.1 Å². The van der Waals surface area contributed by atoms with Crippen LogP contribution in [0.3, 0.4) is 0 Å². The molecule has 246 valence electrons. The number of aryl methyl sites for hydroxylation is 1. The van der Waals surface area contributed by atoms with Gasteiger partial charge >= 0.3 is 10.3 Å². The summed E-state index contributed by atoms with van der Waals surface area (Å²) in [6.45, 7) is 8.40. The predicted molar refractivity (Wildman–Crippen MR) is 191 cm³/mol. The summed E-state index contributed by atoms with van der Waals surface area (Å²) in [6, 6.07) is 28.6. The van der Waals surface area contributed by atoms with Crippen molar-refractivity contribution in [2.45, 2.75) is 52.9 Å². The first kappa shape index (κ1) is 35.8. The Morgan fingerprint density at radius 1 is 0.915 bits per heavy atom. The van der Waals surface area contributed by atoms with Gasteiger partial charge in [0.25, 0.3) is 0 Å². The quantitative estimate of drug-likeness (QED) is 0.0747. The fraction of sp³-hybridized carbons (Fsp3) is 0.263. The smallest absolute Gasteiger partial charge is 0.326 e. The zero-order valence-electron chi connectivity index (χ0n) is 27.1. The van der Waals surface area contributed by atoms with E-state index in [0.717, 1.165) is 33.4 Å². The standard InChI is InChI=1S/C38H41ClN2O5S/c1-26-24-32(39)17-20-34(26)29-15-18-33(19-16-29)41-37(43)35(30-11-7-27(8-12-30)21-22-38(2,3)4)25-28-9-13-31(14-10-28)36(42)6-5-23-40-47(44,45)46/h7-22,24,35,40H,5-6,23,25H2,1-4H3,(H,41,43)(H,44,45,46)/b22-21+. The molecule has 1 unspecified atom stereocenters. The molecule has 0 heterocycles. The number of nitrogens with one attached hydrogen (secondary N) is 2. The molecule has 4 aromatic rings. The summed E-state index contributed by atoms with van der Waals surface area (Å²) in [5.41, 5.74) is 7.20. The van der Waals surface area contributed by atoms with Crippen molar-refractivity contribution >= 4 is 45.4 Å². The van der Waals surface area contributed by atoms with Crippen LogP contribution in [0.15, 0.2) is 97.1 Å². The summed E-state index contributed by atoms with van der Waals surface area (Å²) in [5.74, 6) is -0.786. The summed E-state index contributed by atoms with van der Waals surface area (Å²) < 4.78 is 32.4. The first-order valence-electron chi connectivity index (χ1n) is 15.5. The number of carbonyl (C=O) groups is 2. The van der Waals surface area contributed by atoms with Gasteiger partial charge in [0, 0.05) is 29.2 Å². The summed E-state index contributed by atoms with van der Waals surface area (Å²) in [7, 11) is -4.28. The number of allylic oxidation sites excluding steroid dienone is 1. The Balaban J connectivity index is 1.51. The molecule has 0 aliphatic rings. The van der Waals surface area contributed by atoms with Crippen LogP contribution in [0.4, 0.5) is 5.69 Å². The van der Waals surface area contributed by atoms with Gasteiger partial charge in [-0.2, -0.15) is 13.1 Å². The lowest BCUT2D eigenvalue weighted by molar-refractivity contribution is -0.117. The number of ketones is 1. The second kappa shape index (κ2) is 15.7. The van der Waals surface area contributed by atoms with Gasteiger partial charge in [-0.15, -0.1) is 0 Å². The normalized spacial score (nSPS) is 12.6. The van der Waals surface area contributed by atoms with E-state index >= 15 is 0 Å². The van der Waals surface area contributed by atoms with E-state index in [1.165, 1.54) is 0 Å². The Kier molecular flexibility index (Phi) is 11.9. The number of benzene rings is 4. The van der Waals surface area contributed by atoms with Gasteiger partial charge in [-0.3, -0.25) is 14.1 Å². The third-order valence-corrected chi connectivity index (χ3v) is 8.47. The van der Waals surface area contributed by atoms with E-state index in [0.29, 0.717) is 22.7 Å². The molecule has 1 amide bonds. The minimum atomic E-state index is -4.28. The fourth-order valence-corrected chi connectivity index (χ4v) is 5.75. The average Bonchev–Trinajstić information content (AvgIpc) is 3.01. The number of Topliss-reactive ketones (excluding diaryl/α,β-unsaturated/α-hetero) is 1. The van der Waals surface area contributed by atoms with Crippen LogP contribution in [-0.2, 0) is 21.5 Å². The summed E-state index contributed by atoms with van der Waals surface area (Å²) in [6.07, 6.45) is 5.02. The van der Waals surface area contributed by atoms with Crippen molar-refractivity contribution in [1.82, 2.24) is 4.72 Å². The van der Waals surface area contributed by atoms with Gasteiger partial charge in [-0.1, -0.05) is 111 Å². The first-order valence-corrected chi connectivity index (χ1v) is 17.3. The minimum absolute atomic E-state index is 0.0340. The van der Waals surface area contributed by atoms with Gasteiger partial charge in [-0.25, -0.2) is 0 Å². The van der Waals surface area contributed by atoms with E-state index in [2.05, 4.69) is 38.2 Å². The highest BCUT2D eigenvalue weighted by Gasteiger charge is 2.22. The number of halogens is 1. The van der Waals surface area contributed by atoms with Crippen LogP contribution >= 0.6 is 11.6 Å². The molecule has 4 aromatic carbocycles. The Labute approximate surface area is 283 Å².